The highest BCUT2D eigenvalue weighted by Crippen LogP contribution is 2.13. The molecule has 0 fully saturated rings. The van der Waals surface area contributed by atoms with E-state index in [0.717, 1.165) is 19.4 Å². The molecule has 0 amide bonds. The van der Waals surface area contributed by atoms with Crippen LogP contribution in [-0.4, -0.2) is 10.1 Å². The molecular formula is C10H18N2. The van der Waals surface area contributed by atoms with Crippen molar-refractivity contribution in [3.63, 3.8) is 0 Å². The maximum atomic E-state index is 6.17. The SMILES string of the molecule is CCC(N)(CC)Cn1cccc1. The fraction of sp³-hybridized carbons (Fsp3) is 0.600. The molecule has 0 radical (unpaired) electrons. The normalized spacial score (nSPS) is 11.9. The Morgan fingerprint density at radius 3 is 2.08 bits per heavy atom. The molecule has 0 spiro atoms. The second kappa shape index (κ2) is 3.76. The van der Waals surface area contributed by atoms with Crippen LogP contribution < -0.4 is 5.73 Å². The van der Waals surface area contributed by atoms with Gasteiger partial charge in [0.05, 0.1) is 0 Å². The fourth-order valence-corrected chi connectivity index (χ4v) is 1.31. The summed E-state index contributed by atoms with van der Waals surface area (Å²) in [6, 6.07) is 4.07. The van der Waals surface area contributed by atoms with Crippen LogP contribution in [0.15, 0.2) is 24.5 Å². The van der Waals surface area contributed by atoms with Crippen LogP contribution in [-0.2, 0) is 6.54 Å². The van der Waals surface area contributed by atoms with Crippen molar-refractivity contribution in [2.45, 2.75) is 38.8 Å². The maximum absolute atomic E-state index is 6.17. The van der Waals surface area contributed by atoms with Crippen molar-refractivity contribution < 1.29 is 0 Å². The molecule has 0 aliphatic carbocycles. The van der Waals surface area contributed by atoms with Crippen LogP contribution >= 0.6 is 0 Å². The molecule has 2 heteroatoms. The van der Waals surface area contributed by atoms with Gasteiger partial charge in [0, 0.05) is 24.5 Å². The highest BCUT2D eigenvalue weighted by Gasteiger charge is 2.19. The van der Waals surface area contributed by atoms with E-state index in [1.165, 1.54) is 0 Å². The summed E-state index contributed by atoms with van der Waals surface area (Å²) in [5.74, 6) is 0. The zero-order valence-electron chi connectivity index (χ0n) is 7.96. The second-order valence-corrected chi connectivity index (χ2v) is 3.42. The molecule has 0 bridgehead atoms. The van der Waals surface area contributed by atoms with Gasteiger partial charge in [0.2, 0.25) is 0 Å². The lowest BCUT2D eigenvalue weighted by molar-refractivity contribution is 0.340. The Bertz CT molecular complexity index is 210. The third-order valence-corrected chi connectivity index (χ3v) is 2.57. The second-order valence-electron chi connectivity index (χ2n) is 3.42. The summed E-state index contributed by atoms with van der Waals surface area (Å²) in [4.78, 5) is 0. The van der Waals surface area contributed by atoms with Gasteiger partial charge in [-0.25, -0.2) is 0 Å². The van der Waals surface area contributed by atoms with Crippen LogP contribution in [0.4, 0.5) is 0 Å². The van der Waals surface area contributed by atoms with E-state index >= 15 is 0 Å². The highest BCUT2D eigenvalue weighted by molar-refractivity contribution is 4.93. The Kier molecular flexibility index (Phi) is 2.93. The molecule has 0 aliphatic heterocycles. The van der Waals surface area contributed by atoms with Gasteiger partial charge in [-0.2, -0.15) is 0 Å². The predicted octanol–water partition coefficient (Wildman–Crippen LogP) is 2.01. The third-order valence-electron chi connectivity index (χ3n) is 2.57. The molecule has 1 aromatic heterocycles. The predicted molar refractivity (Wildman–Crippen MR) is 51.9 cm³/mol. The smallest absolute Gasteiger partial charge is 0.0399 e. The topological polar surface area (TPSA) is 30.9 Å². The molecular weight excluding hydrogens is 148 g/mol. The van der Waals surface area contributed by atoms with Crippen molar-refractivity contribution in [3.8, 4) is 0 Å². The number of nitrogens with zero attached hydrogens (tertiary/aromatic N) is 1. The van der Waals surface area contributed by atoms with Gasteiger partial charge in [-0.3, -0.25) is 0 Å². The van der Waals surface area contributed by atoms with Crippen molar-refractivity contribution in [3.05, 3.63) is 24.5 Å². The summed E-state index contributed by atoms with van der Waals surface area (Å²) >= 11 is 0. The van der Waals surface area contributed by atoms with Gasteiger partial charge in [0.25, 0.3) is 0 Å². The molecule has 0 unspecified atom stereocenters. The molecule has 0 saturated carbocycles. The van der Waals surface area contributed by atoms with Crippen LogP contribution in [0.3, 0.4) is 0 Å². The maximum Gasteiger partial charge on any atom is 0.0399 e. The number of hydrogen-bond donors (Lipinski definition) is 1. The van der Waals surface area contributed by atoms with Gasteiger partial charge in [-0.15, -0.1) is 0 Å². The van der Waals surface area contributed by atoms with E-state index < -0.39 is 0 Å². The van der Waals surface area contributed by atoms with Crippen LogP contribution in [0.5, 0.6) is 0 Å². The van der Waals surface area contributed by atoms with Crippen LogP contribution in [0.25, 0.3) is 0 Å². The van der Waals surface area contributed by atoms with Gasteiger partial charge in [0.1, 0.15) is 0 Å². The molecule has 68 valence electrons. The minimum Gasteiger partial charge on any atom is -0.352 e. The third kappa shape index (κ3) is 2.11. The molecule has 2 N–H and O–H groups in total. The zero-order valence-corrected chi connectivity index (χ0v) is 7.96. The quantitative estimate of drug-likeness (QED) is 0.728. The minimum absolute atomic E-state index is 0.0287. The summed E-state index contributed by atoms with van der Waals surface area (Å²) in [6.07, 6.45) is 6.18. The lowest BCUT2D eigenvalue weighted by atomic mass is 9.94. The summed E-state index contributed by atoms with van der Waals surface area (Å²) in [6.45, 7) is 5.22. The molecule has 1 aromatic rings. The zero-order chi connectivity index (χ0) is 9.03. The molecule has 0 atom stereocenters. The van der Waals surface area contributed by atoms with Crippen molar-refractivity contribution in [2.75, 3.05) is 0 Å². The van der Waals surface area contributed by atoms with Crippen LogP contribution in [0.1, 0.15) is 26.7 Å². The van der Waals surface area contributed by atoms with E-state index in [1.807, 2.05) is 12.1 Å². The summed E-state index contributed by atoms with van der Waals surface area (Å²) in [5, 5.41) is 0. The van der Waals surface area contributed by atoms with Crippen LogP contribution in [0, 0.1) is 0 Å². The molecule has 1 heterocycles. The van der Waals surface area contributed by atoms with Gasteiger partial charge >= 0.3 is 0 Å². The van der Waals surface area contributed by atoms with E-state index in [9.17, 15) is 0 Å². The first kappa shape index (κ1) is 9.33. The van der Waals surface area contributed by atoms with Gasteiger partial charge in [0.15, 0.2) is 0 Å². The Balaban J connectivity index is 2.60. The van der Waals surface area contributed by atoms with Gasteiger partial charge < -0.3 is 10.3 Å². The number of nitrogens with two attached hydrogens (primary N) is 1. The molecule has 0 saturated heterocycles. The summed E-state index contributed by atoms with van der Waals surface area (Å²) in [5.41, 5.74) is 6.14. The lowest BCUT2D eigenvalue weighted by Crippen LogP contribution is -2.42. The first-order valence-corrected chi connectivity index (χ1v) is 4.60. The minimum atomic E-state index is -0.0287. The highest BCUT2D eigenvalue weighted by atomic mass is 15.0. The van der Waals surface area contributed by atoms with E-state index in [4.69, 9.17) is 5.73 Å². The van der Waals surface area contributed by atoms with Crippen molar-refractivity contribution in [1.29, 1.82) is 0 Å². The number of rotatable bonds is 4. The first-order chi connectivity index (χ1) is 5.70. The van der Waals surface area contributed by atoms with Gasteiger partial charge in [-0.1, -0.05) is 13.8 Å². The Morgan fingerprint density at radius 2 is 1.67 bits per heavy atom. The van der Waals surface area contributed by atoms with Crippen LogP contribution in [0.2, 0.25) is 0 Å². The first-order valence-electron chi connectivity index (χ1n) is 4.60. The van der Waals surface area contributed by atoms with Crippen molar-refractivity contribution in [2.24, 2.45) is 5.73 Å². The Morgan fingerprint density at radius 1 is 1.17 bits per heavy atom. The van der Waals surface area contributed by atoms with E-state index in [0.29, 0.717) is 0 Å². The van der Waals surface area contributed by atoms with Crippen molar-refractivity contribution >= 4 is 0 Å². The molecule has 0 aliphatic rings. The number of hydrogen-bond acceptors (Lipinski definition) is 1. The summed E-state index contributed by atoms with van der Waals surface area (Å²) < 4.78 is 2.15. The van der Waals surface area contributed by atoms with E-state index in [2.05, 4.69) is 30.8 Å². The molecule has 2 nitrogen and oxygen atoms in total. The molecule has 12 heavy (non-hydrogen) atoms. The average molecular weight is 166 g/mol. The van der Waals surface area contributed by atoms with E-state index in [1.54, 1.807) is 0 Å². The number of aromatic nitrogens is 1. The van der Waals surface area contributed by atoms with Crippen molar-refractivity contribution in [1.82, 2.24) is 4.57 Å². The van der Waals surface area contributed by atoms with Gasteiger partial charge in [-0.05, 0) is 25.0 Å². The largest absolute Gasteiger partial charge is 0.352 e. The fourth-order valence-electron chi connectivity index (χ4n) is 1.31. The van der Waals surface area contributed by atoms with E-state index in [-0.39, 0.29) is 5.54 Å². The average Bonchev–Trinajstić information content (AvgIpc) is 2.57. The lowest BCUT2D eigenvalue weighted by Gasteiger charge is -2.27. The summed E-state index contributed by atoms with van der Waals surface area (Å²) in [7, 11) is 0. The molecule has 0 aromatic carbocycles. The standard InChI is InChI=1S/C10H18N2/c1-3-10(11,4-2)9-12-7-5-6-8-12/h5-8H,3-4,9,11H2,1-2H3. The monoisotopic (exact) mass is 166 g/mol. The Hall–Kier alpha value is -0.760. The Labute approximate surface area is 74.4 Å². The molecule has 1 rings (SSSR count).